The maximum atomic E-state index is 13.5. The summed E-state index contributed by atoms with van der Waals surface area (Å²) >= 11 is 0. The van der Waals surface area contributed by atoms with Crippen LogP contribution in [0.15, 0.2) is 47.1 Å². The number of nitrogens with zero attached hydrogens (tertiary/aromatic N) is 3. The van der Waals surface area contributed by atoms with Gasteiger partial charge in [0.25, 0.3) is 5.91 Å². The largest absolute Gasteiger partial charge is 0.449 e. The van der Waals surface area contributed by atoms with Crippen LogP contribution in [0, 0.1) is 5.82 Å². The molecule has 0 radical (unpaired) electrons. The molecule has 1 aliphatic carbocycles. The quantitative estimate of drug-likeness (QED) is 0.558. The molecule has 30 heavy (non-hydrogen) atoms. The molecule has 6 heteroatoms. The Morgan fingerprint density at radius 3 is 2.43 bits per heavy atom. The van der Waals surface area contributed by atoms with Crippen LogP contribution in [0.25, 0.3) is 22.7 Å². The van der Waals surface area contributed by atoms with Crippen molar-refractivity contribution in [3.63, 3.8) is 0 Å². The zero-order valence-corrected chi connectivity index (χ0v) is 17.0. The number of benzene rings is 1. The second kappa shape index (κ2) is 8.09. The minimum atomic E-state index is -0.275. The van der Waals surface area contributed by atoms with Crippen LogP contribution < -0.4 is 0 Å². The van der Waals surface area contributed by atoms with Crippen molar-refractivity contribution in [1.29, 1.82) is 0 Å². The third kappa shape index (κ3) is 3.55. The molecule has 0 atom stereocenters. The molecule has 1 amide bonds. The maximum absolute atomic E-state index is 13.5. The van der Waals surface area contributed by atoms with Crippen molar-refractivity contribution in [3.05, 3.63) is 54.3 Å². The molecule has 0 bridgehead atoms. The van der Waals surface area contributed by atoms with Crippen LogP contribution in [0.4, 0.5) is 4.39 Å². The highest BCUT2D eigenvalue weighted by Crippen LogP contribution is 2.38. The molecule has 5 rings (SSSR count). The van der Waals surface area contributed by atoms with Crippen LogP contribution in [0.5, 0.6) is 0 Å². The van der Waals surface area contributed by atoms with Crippen LogP contribution in [0.3, 0.4) is 0 Å². The summed E-state index contributed by atoms with van der Waals surface area (Å²) in [6, 6.07) is 10.4. The normalized spacial score (nSPS) is 17.6. The average molecular weight is 407 g/mol. The zero-order valence-electron chi connectivity index (χ0n) is 17.0. The standard InChI is InChI=1S/C24H26FN3O2/c25-18-10-8-17(9-11-18)22-23(28(16-26-22)19-6-2-1-3-7-19)20-12-13-21(30-20)24(29)27-14-4-5-15-27/h8-13,16,19H,1-7,14-15H2. The number of rotatable bonds is 4. The highest BCUT2D eigenvalue weighted by Gasteiger charge is 2.27. The van der Waals surface area contributed by atoms with Gasteiger partial charge in [0.05, 0.1) is 12.0 Å². The van der Waals surface area contributed by atoms with Crippen molar-refractivity contribution in [2.45, 2.75) is 51.0 Å². The minimum Gasteiger partial charge on any atom is -0.449 e. The van der Waals surface area contributed by atoms with Crippen LogP contribution in [-0.2, 0) is 0 Å². The molecule has 0 spiro atoms. The van der Waals surface area contributed by atoms with Gasteiger partial charge in [-0.25, -0.2) is 9.37 Å². The molecule has 2 aliphatic rings. The lowest BCUT2D eigenvalue weighted by molar-refractivity contribution is 0.0762. The fourth-order valence-corrected chi connectivity index (χ4v) is 4.72. The fourth-order valence-electron chi connectivity index (χ4n) is 4.72. The molecule has 1 saturated heterocycles. The van der Waals surface area contributed by atoms with Crippen molar-refractivity contribution < 1.29 is 13.6 Å². The van der Waals surface area contributed by atoms with E-state index in [4.69, 9.17) is 4.42 Å². The maximum Gasteiger partial charge on any atom is 0.289 e. The molecule has 3 aromatic rings. The lowest BCUT2D eigenvalue weighted by Crippen LogP contribution is -2.27. The fraction of sp³-hybridized carbons (Fsp3) is 0.417. The molecule has 2 aromatic heterocycles. The molecule has 0 unspecified atom stereocenters. The molecule has 5 nitrogen and oxygen atoms in total. The van der Waals surface area contributed by atoms with Gasteiger partial charge in [-0.1, -0.05) is 19.3 Å². The van der Waals surface area contributed by atoms with Gasteiger partial charge in [-0.3, -0.25) is 4.79 Å². The van der Waals surface area contributed by atoms with Gasteiger partial charge < -0.3 is 13.9 Å². The Kier molecular flexibility index (Phi) is 5.15. The van der Waals surface area contributed by atoms with Gasteiger partial charge in [0.15, 0.2) is 11.5 Å². The topological polar surface area (TPSA) is 51.3 Å². The van der Waals surface area contributed by atoms with Crippen LogP contribution in [-0.4, -0.2) is 33.4 Å². The third-order valence-electron chi connectivity index (χ3n) is 6.32. The van der Waals surface area contributed by atoms with Gasteiger partial charge in [0, 0.05) is 24.7 Å². The van der Waals surface area contributed by atoms with E-state index >= 15 is 0 Å². The Bertz CT molecular complexity index is 1030. The zero-order chi connectivity index (χ0) is 20.5. The van der Waals surface area contributed by atoms with E-state index in [0.717, 1.165) is 55.7 Å². The first-order chi connectivity index (χ1) is 14.7. The van der Waals surface area contributed by atoms with Gasteiger partial charge in [0.2, 0.25) is 0 Å². The van der Waals surface area contributed by atoms with E-state index in [1.54, 1.807) is 18.2 Å². The molecule has 1 aliphatic heterocycles. The number of carbonyl (C=O) groups excluding carboxylic acids is 1. The van der Waals surface area contributed by atoms with Crippen LogP contribution in [0.2, 0.25) is 0 Å². The predicted octanol–water partition coefficient (Wildman–Crippen LogP) is 5.69. The lowest BCUT2D eigenvalue weighted by Gasteiger charge is -2.24. The van der Waals surface area contributed by atoms with Crippen LogP contribution in [0.1, 0.15) is 61.5 Å². The lowest BCUT2D eigenvalue weighted by atomic mass is 9.95. The Morgan fingerprint density at radius 1 is 0.967 bits per heavy atom. The van der Waals surface area contributed by atoms with Crippen molar-refractivity contribution >= 4 is 5.91 Å². The number of furan rings is 1. The SMILES string of the molecule is O=C(c1ccc(-c2c(-c3ccc(F)cc3)ncn2C2CCCCC2)o1)N1CCCC1. The summed E-state index contributed by atoms with van der Waals surface area (Å²) in [7, 11) is 0. The number of hydrogen-bond donors (Lipinski definition) is 0. The minimum absolute atomic E-state index is 0.0502. The van der Waals surface area contributed by atoms with E-state index in [1.807, 2.05) is 17.3 Å². The summed E-state index contributed by atoms with van der Waals surface area (Å²) in [6.45, 7) is 1.57. The summed E-state index contributed by atoms with van der Waals surface area (Å²) in [6.07, 6.45) is 9.83. The summed E-state index contributed by atoms with van der Waals surface area (Å²) in [5, 5.41) is 0. The van der Waals surface area contributed by atoms with Crippen molar-refractivity contribution in [3.8, 4) is 22.7 Å². The van der Waals surface area contributed by atoms with Gasteiger partial charge in [-0.05, 0) is 62.1 Å². The van der Waals surface area contributed by atoms with Gasteiger partial charge in [-0.2, -0.15) is 0 Å². The molecular weight excluding hydrogens is 381 g/mol. The van der Waals surface area contributed by atoms with Gasteiger partial charge in [-0.15, -0.1) is 0 Å². The number of amides is 1. The third-order valence-corrected chi connectivity index (χ3v) is 6.32. The predicted molar refractivity (Wildman–Crippen MR) is 113 cm³/mol. The Morgan fingerprint density at radius 2 is 1.70 bits per heavy atom. The van der Waals surface area contributed by atoms with Gasteiger partial charge >= 0.3 is 0 Å². The molecule has 1 saturated carbocycles. The summed E-state index contributed by atoms with van der Waals surface area (Å²) in [4.78, 5) is 19.3. The molecule has 3 heterocycles. The van der Waals surface area contributed by atoms with Crippen molar-refractivity contribution in [2.24, 2.45) is 0 Å². The Hall–Kier alpha value is -2.89. The van der Waals surface area contributed by atoms with E-state index in [1.165, 1.54) is 31.4 Å². The summed E-state index contributed by atoms with van der Waals surface area (Å²) in [5.74, 6) is 0.683. The number of aromatic nitrogens is 2. The highest BCUT2D eigenvalue weighted by atomic mass is 19.1. The summed E-state index contributed by atoms with van der Waals surface area (Å²) in [5.41, 5.74) is 2.47. The molecule has 2 fully saturated rings. The van der Waals surface area contributed by atoms with E-state index in [9.17, 15) is 9.18 Å². The number of imidazole rings is 1. The van der Waals surface area contributed by atoms with E-state index in [2.05, 4.69) is 9.55 Å². The number of carbonyl (C=O) groups is 1. The number of halogens is 1. The number of hydrogen-bond acceptors (Lipinski definition) is 3. The summed E-state index contributed by atoms with van der Waals surface area (Å²) < 4.78 is 21.8. The molecule has 1 aromatic carbocycles. The molecule has 0 N–H and O–H groups in total. The van der Waals surface area contributed by atoms with E-state index in [0.29, 0.717) is 17.6 Å². The average Bonchev–Trinajstić information content (AvgIpc) is 3.54. The first-order valence-electron chi connectivity index (χ1n) is 10.9. The smallest absolute Gasteiger partial charge is 0.289 e. The highest BCUT2D eigenvalue weighted by molar-refractivity contribution is 5.92. The molecular formula is C24H26FN3O2. The second-order valence-electron chi connectivity index (χ2n) is 8.31. The van der Waals surface area contributed by atoms with Crippen molar-refractivity contribution in [2.75, 3.05) is 13.1 Å². The Balaban J connectivity index is 1.56. The monoisotopic (exact) mass is 407 g/mol. The Labute approximate surface area is 175 Å². The van der Waals surface area contributed by atoms with Gasteiger partial charge in [0.1, 0.15) is 11.5 Å². The van der Waals surface area contributed by atoms with E-state index in [-0.39, 0.29) is 11.7 Å². The van der Waals surface area contributed by atoms with Crippen molar-refractivity contribution in [1.82, 2.24) is 14.5 Å². The molecule has 156 valence electrons. The van der Waals surface area contributed by atoms with E-state index < -0.39 is 0 Å². The first-order valence-corrected chi connectivity index (χ1v) is 10.9. The van der Waals surface area contributed by atoms with Crippen LogP contribution >= 0.6 is 0 Å². The first kappa shape index (κ1) is 19.1. The number of likely N-dealkylation sites (tertiary alicyclic amines) is 1. The second-order valence-corrected chi connectivity index (χ2v) is 8.31.